The molecule has 0 aliphatic carbocycles. The summed E-state index contributed by atoms with van der Waals surface area (Å²) in [6.07, 6.45) is 5.11. The van der Waals surface area contributed by atoms with E-state index in [0.29, 0.717) is 5.56 Å². The maximum Gasteiger partial charge on any atom is 0.323 e. The number of amides is 2. The van der Waals surface area contributed by atoms with Gasteiger partial charge in [-0.25, -0.2) is 9.18 Å². The highest BCUT2D eigenvalue weighted by atomic mass is 19.1. The van der Waals surface area contributed by atoms with Gasteiger partial charge in [-0.2, -0.15) is 0 Å². The van der Waals surface area contributed by atoms with E-state index < -0.39 is 24.4 Å². The number of hydrogen-bond acceptors (Lipinski definition) is 2. The number of aliphatic carboxylic acids is 1. The topological polar surface area (TPSA) is 60.9 Å². The molecule has 106 valence electrons. The molecule has 0 bridgehead atoms. The second-order valence-corrected chi connectivity index (χ2v) is 4.22. The zero-order valence-corrected chi connectivity index (χ0v) is 11.0. The molecule has 0 saturated heterocycles. The molecule has 0 saturated carbocycles. The monoisotopic (exact) mass is 278 g/mol. The second kappa shape index (κ2) is 7.14. The van der Waals surface area contributed by atoms with Crippen LogP contribution in [0.15, 0.2) is 24.3 Å². The van der Waals surface area contributed by atoms with Crippen molar-refractivity contribution in [3.63, 3.8) is 0 Å². The summed E-state index contributed by atoms with van der Waals surface area (Å²) in [5, 5.41) is 8.74. The number of benzene rings is 1. The summed E-state index contributed by atoms with van der Waals surface area (Å²) < 4.78 is 13.1. The summed E-state index contributed by atoms with van der Waals surface area (Å²) in [5.74, 6) is 0.697. The molecule has 5 nitrogen and oxygen atoms in total. The van der Waals surface area contributed by atoms with Crippen LogP contribution < -0.4 is 0 Å². The van der Waals surface area contributed by atoms with Gasteiger partial charge in [0.05, 0.1) is 6.54 Å². The van der Waals surface area contributed by atoms with Gasteiger partial charge in [-0.1, -0.05) is 18.1 Å². The summed E-state index contributed by atoms with van der Waals surface area (Å²) in [6, 6.07) is 5.32. The van der Waals surface area contributed by atoms with Crippen LogP contribution in [0, 0.1) is 18.2 Å². The van der Waals surface area contributed by atoms with Crippen molar-refractivity contribution in [2.45, 2.75) is 6.54 Å². The van der Waals surface area contributed by atoms with Crippen molar-refractivity contribution in [1.29, 1.82) is 0 Å². The van der Waals surface area contributed by atoms with Crippen LogP contribution in [0.1, 0.15) is 5.56 Å². The predicted octanol–water partition coefficient (Wildman–Crippen LogP) is 1.40. The lowest BCUT2D eigenvalue weighted by atomic mass is 10.2. The van der Waals surface area contributed by atoms with E-state index in [-0.39, 0.29) is 13.1 Å². The average Bonchev–Trinajstić information content (AvgIpc) is 2.36. The Bertz CT molecular complexity index is 539. The van der Waals surface area contributed by atoms with Gasteiger partial charge in [0.15, 0.2) is 0 Å². The van der Waals surface area contributed by atoms with Crippen molar-refractivity contribution in [2.24, 2.45) is 0 Å². The number of urea groups is 1. The third-order valence-corrected chi connectivity index (χ3v) is 2.51. The van der Waals surface area contributed by atoms with Crippen LogP contribution in [0.4, 0.5) is 9.18 Å². The number of carboxylic acid groups (broad SMARTS) is 1. The van der Waals surface area contributed by atoms with Crippen LogP contribution in [0.3, 0.4) is 0 Å². The number of rotatable bonds is 5. The molecule has 2 amide bonds. The van der Waals surface area contributed by atoms with E-state index in [9.17, 15) is 14.0 Å². The Hall–Kier alpha value is -2.55. The first-order chi connectivity index (χ1) is 9.43. The van der Waals surface area contributed by atoms with Gasteiger partial charge in [-0.05, 0) is 17.7 Å². The van der Waals surface area contributed by atoms with Crippen molar-refractivity contribution < 1.29 is 19.1 Å². The highest BCUT2D eigenvalue weighted by Crippen LogP contribution is 2.08. The summed E-state index contributed by atoms with van der Waals surface area (Å²) >= 11 is 0. The van der Waals surface area contributed by atoms with Crippen LogP contribution in [0.5, 0.6) is 0 Å². The molecule has 0 aliphatic heterocycles. The van der Waals surface area contributed by atoms with Gasteiger partial charge in [0.1, 0.15) is 12.4 Å². The molecular formula is C14H15FN2O3. The molecule has 0 spiro atoms. The normalized spacial score (nSPS) is 9.65. The van der Waals surface area contributed by atoms with Gasteiger partial charge in [0.2, 0.25) is 0 Å². The molecule has 0 heterocycles. The van der Waals surface area contributed by atoms with Crippen molar-refractivity contribution in [1.82, 2.24) is 9.80 Å². The van der Waals surface area contributed by atoms with Crippen LogP contribution in [0.25, 0.3) is 0 Å². The van der Waals surface area contributed by atoms with Crippen LogP contribution in [-0.2, 0) is 11.3 Å². The summed E-state index contributed by atoms with van der Waals surface area (Å²) in [7, 11) is 1.50. The molecule has 0 unspecified atom stereocenters. The van der Waals surface area contributed by atoms with Crippen molar-refractivity contribution in [3.8, 4) is 12.3 Å². The fourth-order valence-corrected chi connectivity index (χ4v) is 1.68. The summed E-state index contributed by atoms with van der Waals surface area (Å²) in [4.78, 5) is 25.1. The Kier molecular flexibility index (Phi) is 5.54. The van der Waals surface area contributed by atoms with E-state index in [4.69, 9.17) is 11.5 Å². The second-order valence-electron chi connectivity index (χ2n) is 4.22. The largest absolute Gasteiger partial charge is 0.480 e. The van der Waals surface area contributed by atoms with E-state index in [1.54, 1.807) is 12.1 Å². The lowest BCUT2D eigenvalue weighted by Crippen LogP contribution is -2.43. The Morgan fingerprint density at radius 1 is 1.45 bits per heavy atom. The Balaban J connectivity index is 2.73. The first kappa shape index (κ1) is 15.5. The van der Waals surface area contributed by atoms with Gasteiger partial charge in [-0.15, -0.1) is 6.42 Å². The number of terminal acetylenes is 1. The number of carboxylic acids is 1. The predicted molar refractivity (Wildman–Crippen MR) is 71.3 cm³/mol. The maximum absolute atomic E-state index is 13.1. The molecule has 1 aromatic rings. The fraction of sp³-hybridized carbons (Fsp3) is 0.286. The first-order valence-electron chi connectivity index (χ1n) is 5.83. The molecule has 0 radical (unpaired) electrons. The zero-order valence-electron chi connectivity index (χ0n) is 11.0. The van der Waals surface area contributed by atoms with Crippen molar-refractivity contribution >= 4 is 12.0 Å². The SMILES string of the molecule is C#CCN(CC(=O)O)C(=O)N(C)Cc1cccc(F)c1. The lowest BCUT2D eigenvalue weighted by Gasteiger charge is -2.25. The minimum absolute atomic E-state index is 0.0986. The van der Waals surface area contributed by atoms with E-state index >= 15 is 0 Å². The van der Waals surface area contributed by atoms with E-state index in [1.165, 1.54) is 24.1 Å². The molecule has 0 fully saturated rings. The molecule has 1 N–H and O–H groups in total. The standard InChI is InChI=1S/C14H15FN2O3/c1-3-7-17(10-13(18)19)14(20)16(2)9-11-5-4-6-12(15)8-11/h1,4-6,8H,7,9-10H2,2H3,(H,18,19). The molecule has 1 aromatic carbocycles. The average molecular weight is 278 g/mol. The number of halogens is 1. The minimum Gasteiger partial charge on any atom is -0.480 e. The van der Waals surface area contributed by atoms with Gasteiger partial charge >= 0.3 is 12.0 Å². The third kappa shape index (κ3) is 4.61. The number of carbonyl (C=O) groups excluding carboxylic acids is 1. The van der Waals surface area contributed by atoms with Gasteiger partial charge < -0.3 is 14.9 Å². The lowest BCUT2D eigenvalue weighted by molar-refractivity contribution is -0.137. The van der Waals surface area contributed by atoms with Gasteiger partial charge in [0, 0.05) is 13.6 Å². The molecule has 6 heteroatoms. The van der Waals surface area contributed by atoms with E-state index in [2.05, 4.69) is 5.92 Å². The molecule has 0 aromatic heterocycles. The fourth-order valence-electron chi connectivity index (χ4n) is 1.68. The minimum atomic E-state index is -1.15. The van der Waals surface area contributed by atoms with Gasteiger partial charge in [-0.3, -0.25) is 4.79 Å². The third-order valence-electron chi connectivity index (χ3n) is 2.51. The number of carbonyl (C=O) groups is 2. The Labute approximate surface area is 116 Å². The van der Waals surface area contributed by atoms with Crippen LogP contribution in [-0.4, -0.2) is 47.0 Å². The highest BCUT2D eigenvalue weighted by Gasteiger charge is 2.19. The number of hydrogen-bond donors (Lipinski definition) is 1. The molecule has 1 rings (SSSR count). The Morgan fingerprint density at radius 3 is 2.70 bits per heavy atom. The molecule has 20 heavy (non-hydrogen) atoms. The molecular weight excluding hydrogens is 263 g/mol. The Morgan fingerprint density at radius 2 is 2.15 bits per heavy atom. The molecule has 0 atom stereocenters. The zero-order chi connectivity index (χ0) is 15.1. The quantitative estimate of drug-likeness (QED) is 0.828. The summed E-state index contributed by atoms with van der Waals surface area (Å²) in [6.45, 7) is -0.410. The smallest absolute Gasteiger partial charge is 0.323 e. The summed E-state index contributed by atoms with van der Waals surface area (Å²) in [5.41, 5.74) is 0.608. The van der Waals surface area contributed by atoms with Crippen molar-refractivity contribution in [3.05, 3.63) is 35.6 Å². The van der Waals surface area contributed by atoms with Crippen LogP contribution in [0.2, 0.25) is 0 Å². The van der Waals surface area contributed by atoms with Crippen LogP contribution >= 0.6 is 0 Å². The van der Waals surface area contributed by atoms with Gasteiger partial charge in [0.25, 0.3) is 0 Å². The van der Waals surface area contributed by atoms with E-state index in [1.807, 2.05) is 0 Å². The maximum atomic E-state index is 13.1. The molecule has 0 aliphatic rings. The highest BCUT2D eigenvalue weighted by molar-refractivity contribution is 5.80. The van der Waals surface area contributed by atoms with E-state index in [0.717, 1.165) is 4.90 Å². The van der Waals surface area contributed by atoms with Crippen molar-refractivity contribution in [2.75, 3.05) is 20.1 Å². The first-order valence-corrected chi connectivity index (χ1v) is 5.83. The number of nitrogens with zero attached hydrogens (tertiary/aromatic N) is 2.